The number of hydrogen-bond acceptors (Lipinski definition) is 6. The second kappa shape index (κ2) is 10.5. The third-order valence-corrected chi connectivity index (χ3v) is 6.58. The van der Waals surface area contributed by atoms with E-state index in [0.717, 1.165) is 17.0 Å². The number of nitrogens with zero attached hydrogens (tertiary/aromatic N) is 1. The minimum Gasteiger partial charge on any atom is -0.497 e. The van der Waals surface area contributed by atoms with Crippen LogP contribution in [0.15, 0.2) is 66.7 Å². The van der Waals surface area contributed by atoms with Gasteiger partial charge in [0.05, 0.1) is 26.6 Å². The molecule has 0 aliphatic carbocycles. The molecule has 8 heteroatoms. The van der Waals surface area contributed by atoms with Gasteiger partial charge in [-0.3, -0.25) is 14.5 Å². The number of carbonyl (C=O) groups is 2. The summed E-state index contributed by atoms with van der Waals surface area (Å²) in [7, 11) is 3.07. The molecule has 1 aliphatic heterocycles. The highest BCUT2D eigenvalue weighted by Crippen LogP contribution is 2.44. The van der Waals surface area contributed by atoms with Gasteiger partial charge in [-0.1, -0.05) is 18.2 Å². The fourth-order valence-electron chi connectivity index (χ4n) is 3.76. The predicted molar refractivity (Wildman–Crippen MR) is 134 cm³/mol. The third-order valence-electron chi connectivity index (χ3n) is 5.38. The Morgan fingerprint density at radius 2 is 1.68 bits per heavy atom. The van der Waals surface area contributed by atoms with E-state index in [9.17, 15) is 9.59 Å². The molecule has 0 unspecified atom stereocenters. The van der Waals surface area contributed by atoms with Crippen molar-refractivity contribution in [1.82, 2.24) is 0 Å². The molecule has 34 heavy (non-hydrogen) atoms. The smallest absolute Gasteiger partial charge is 0.255 e. The Hall–Kier alpha value is -3.65. The first-order chi connectivity index (χ1) is 16.5. The van der Waals surface area contributed by atoms with Crippen LogP contribution in [0.25, 0.3) is 0 Å². The largest absolute Gasteiger partial charge is 0.497 e. The van der Waals surface area contributed by atoms with Crippen molar-refractivity contribution in [2.24, 2.45) is 0 Å². The topological polar surface area (TPSA) is 77.1 Å². The van der Waals surface area contributed by atoms with E-state index in [2.05, 4.69) is 5.32 Å². The molecule has 1 aliphatic rings. The lowest BCUT2D eigenvalue weighted by Crippen LogP contribution is -2.28. The SMILES string of the molecule is CCOc1ccc(N2C(=O)CS[C@H]2c2ccccc2NC(=O)c2cc(OC)cc(OC)c2)cc1. The molecule has 176 valence electrons. The number of thioether (sulfide) groups is 1. The summed E-state index contributed by atoms with van der Waals surface area (Å²) >= 11 is 1.52. The third kappa shape index (κ3) is 4.97. The zero-order valence-electron chi connectivity index (χ0n) is 19.2. The molecule has 4 rings (SSSR count). The van der Waals surface area contributed by atoms with E-state index in [0.29, 0.717) is 35.1 Å². The van der Waals surface area contributed by atoms with Gasteiger partial charge >= 0.3 is 0 Å². The first-order valence-electron chi connectivity index (χ1n) is 10.8. The second-order valence-corrected chi connectivity index (χ2v) is 8.57. The molecule has 0 bridgehead atoms. The first-order valence-corrected chi connectivity index (χ1v) is 11.9. The zero-order chi connectivity index (χ0) is 24.1. The summed E-state index contributed by atoms with van der Waals surface area (Å²) in [5.41, 5.74) is 2.67. The van der Waals surface area contributed by atoms with E-state index >= 15 is 0 Å². The van der Waals surface area contributed by atoms with Crippen molar-refractivity contribution >= 4 is 35.0 Å². The molecule has 1 fully saturated rings. The van der Waals surface area contributed by atoms with Crippen molar-refractivity contribution in [3.8, 4) is 17.2 Å². The fourth-order valence-corrected chi connectivity index (χ4v) is 4.98. The maximum Gasteiger partial charge on any atom is 0.255 e. The molecule has 1 saturated heterocycles. The molecular formula is C26H26N2O5S. The van der Waals surface area contributed by atoms with Gasteiger partial charge in [0, 0.05) is 28.6 Å². The first kappa shape index (κ1) is 23.5. The van der Waals surface area contributed by atoms with E-state index in [1.54, 1.807) is 23.1 Å². The number of para-hydroxylation sites is 1. The number of amides is 2. The number of benzene rings is 3. The van der Waals surface area contributed by atoms with Crippen LogP contribution < -0.4 is 24.4 Å². The molecule has 1 heterocycles. The number of carbonyl (C=O) groups excluding carboxylic acids is 2. The maximum absolute atomic E-state index is 13.1. The van der Waals surface area contributed by atoms with Gasteiger partial charge in [0.2, 0.25) is 5.91 Å². The van der Waals surface area contributed by atoms with Gasteiger partial charge in [-0.05, 0) is 49.4 Å². The van der Waals surface area contributed by atoms with Gasteiger partial charge in [0.15, 0.2) is 0 Å². The number of ether oxygens (including phenoxy) is 3. The number of nitrogens with one attached hydrogen (secondary N) is 1. The summed E-state index contributed by atoms with van der Waals surface area (Å²) in [5.74, 6) is 1.87. The van der Waals surface area contributed by atoms with Crippen LogP contribution in [-0.2, 0) is 4.79 Å². The van der Waals surface area contributed by atoms with Gasteiger partial charge in [-0.2, -0.15) is 0 Å². The fraction of sp³-hybridized carbons (Fsp3) is 0.231. The minimum atomic E-state index is -0.299. The molecule has 2 amide bonds. The molecule has 0 saturated carbocycles. The number of anilines is 2. The lowest BCUT2D eigenvalue weighted by atomic mass is 10.1. The molecule has 3 aromatic carbocycles. The summed E-state index contributed by atoms with van der Waals surface area (Å²) in [6.45, 7) is 2.50. The molecular weight excluding hydrogens is 452 g/mol. The van der Waals surface area contributed by atoms with Crippen LogP contribution in [0.4, 0.5) is 11.4 Å². The highest BCUT2D eigenvalue weighted by molar-refractivity contribution is 8.00. The average Bonchev–Trinajstić information content (AvgIpc) is 3.25. The second-order valence-electron chi connectivity index (χ2n) is 7.50. The number of hydrogen-bond donors (Lipinski definition) is 1. The molecule has 0 spiro atoms. The van der Waals surface area contributed by atoms with Crippen LogP contribution in [0.1, 0.15) is 28.2 Å². The summed E-state index contributed by atoms with van der Waals surface area (Å²) < 4.78 is 16.1. The lowest BCUT2D eigenvalue weighted by molar-refractivity contribution is -0.115. The van der Waals surface area contributed by atoms with Crippen LogP contribution in [0.3, 0.4) is 0 Å². The molecule has 0 aromatic heterocycles. The monoisotopic (exact) mass is 478 g/mol. The minimum absolute atomic E-state index is 0.0119. The zero-order valence-corrected chi connectivity index (χ0v) is 20.1. The Labute approximate surface area is 203 Å². The molecule has 1 N–H and O–H groups in total. The van der Waals surface area contributed by atoms with Gasteiger partial charge in [0.1, 0.15) is 22.6 Å². The number of methoxy groups -OCH3 is 2. The van der Waals surface area contributed by atoms with Crippen molar-refractivity contribution in [2.75, 3.05) is 36.8 Å². The Balaban J connectivity index is 1.62. The van der Waals surface area contributed by atoms with Crippen molar-refractivity contribution in [1.29, 1.82) is 0 Å². The van der Waals surface area contributed by atoms with Gasteiger partial charge < -0.3 is 19.5 Å². The van der Waals surface area contributed by atoms with Crippen LogP contribution in [0, 0.1) is 0 Å². The Bertz CT molecular complexity index is 1160. The van der Waals surface area contributed by atoms with E-state index in [4.69, 9.17) is 14.2 Å². The Morgan fingerprint density at radius 3 is 2.32 bits per heavy atom. The average molecular weight is 479 g/mol. The van der Waals surface area contributed by atoms with E-state index < -0.39 is 0 Å². The van der Waals surface area contributed by atoms with E-state index in [1.165, 1.54) is 26.0 Å². The van der Waals surface area contributed by atoms with Crippen LogP contribution in [0.2, 0.25) is 0 Å². The van der Waals surface area contributed by atoms with Crippen molar-refractivity contribution < 1.29 is 23.8 Å². The van der Waals surface area contributed by atoms with E-state index in [-0.39, 0.29) is 17.2 Å². The van der Waals surface area contributed by atoms with E-state index in [1.807, 2.05) is 55.5 Å². The standard InChI is InChI=1S/C26H26N2O5S/c1-4-33-19-11-9-18(10-12-19)28-24(29)16-34-26(28)22-7-5-6-8-23(22)27-25(30)17-13-20(31-2)15-21(14-17)32-3/h5-15,26H,4,16H2,1-3H3,(H,27,30)/t26-/m0/s1. The molecule has 3 aromatic rings. The Morgan fingerprint density at radius 1 is 1.00 bits per heavy atom. The maximum atomic E-state index is 13.1. The normalized spacial score (nSPS) is 15.2. The Kier molecular flexibility index (Phi) is 7.27. The van der Waals surface area contributed by atoms with Crippen molar-refractivity contribution in [3.63, 3.8) is 0 Å². The van der Waals surface area contributed by atoms with Crippen molar-refractivity contribution in [3.05, 3.63) is 77.9 Å². The predicted octanol–water partition coefficient (Wildman–Crippen LogP) is 5.13. The van der Waals surface area contributed by atoms with Crippen molar-refractivity contribution in [2.45, 2.75) is 12.3 Å². The lowest BCUT2D eigenvalue weighted by Gasteiger charge is -2.26. The van der Waals surface area contributed by atoms with Gasteiger partial charge in [-0.15, -0.1) is 11.8 Å². The summed E-state index contributed by atoms with van der Waals surface area (Å²) in [4.78, 5) is 27.7. The number of rotatable bonds is 8. The summed E-state index contributed by atoms with van der Waals surface area (Å²) in [6.07, 6.45) is 0. The van der Waals surface area contributed by atoms with Gasteiger partial charge in [-0.25, -0.2) is 0 Å². The van der Waals surface area contributed by atoms with Crippen LogP contribution in [0.5, 0.6) is 17.2 Å². The highest BCUT2D eigenvalue weighted by Gasteiger charge is 2.35. The summed E-state index contributed by atoms with van der Waals surface area (Å²) in [5, 5.41) is 2.72. The quantitative estimate of drug-likeness (QED) is 0.484. The van der Waals surface area contributed by atoms with Gasteiger partial charge in [0.25, 0.3) is 5.91 Å². The van der Waals surface area contributed by atoms with Crippen LogP contribution in [-0.4, -0.2) is 38.4 Å². The molecule has 7 nitrogen and oxygen atoms in total. The molecule has 0 radical (unpaired) electrons. The highest BCUT2D eigenvalue weighted by atomic mass is 32.2. The molecule has 1 atom stereocenters. The summed E-state index contributed by atoms with van der Waals surface area (Å²) in [6, 6.07) is 20.0. The van der Waals surface area contributed by atoms with Crippen LogP contribution >= 0.6 is 11.8 Å².